The van der Waals surface area contributed by atoms with Crippen LogP contribution in [0, 0.1) is 0 Å². The highest BCUT2D eigenvalue weighted by atomic mass is 16.5. The highest BCUT2D eigenvalue weighted by Crippen LogP contribution is 2.35. The number of imidazole rings is 1. The Hall–Kier alpha value is -4.97. The predicted octanol–water partition coefficient (Wildman–Crippen LogP) is 6.07. The zero-order valence-corrected chi connectivity index (χ0v) is 19.6. The summed E-state index contributed by atoms with van der Waals surface area (Å²) in [6.45, 7) is 0. The first kappa shape index (κ1) is 21.6. The number of carbonyl (C=O) groups excluding carboxylic acids is 1. The first-order chi connectivity index (χ1) is 17.7. The summed E-state index contributed by atoms with van der Waals surface area (Å²) in [5.41, 5.74) is 5.41. The van der Waals surface area contributed by atoms with Crippen molar-refractivity contribution in [3.8, 4) is 17.1 Å². The minimum Gasteiger partial charge on any atom is -0.497 e. The molecule has 1 aromatic heterocycles. The number of nitrogens with zero attached hydrogens (tertiary/aromatic N) is 3. The number of amidine groups is 1. The van der Waals surface area contributed by atoms with Gasteiger partial charge in [0.2, 0.25) is 0 Å². The molecule has 0 aliphatic carbocycles. The van der Waals surface area contributed by atoms with Gasteiger partial charge in [0, 0.05) is 11.1 Å². The number of fused-ring (bicyclic) bond motifs is 1. The van der Waals surface area contributed by atoms with Gasteiger partial charge in [0.15, 0.2) is 0 Å². The molecule has 0 radical (unpaired) electrons. The van der Waals surface area contributed by atoms with Crippen LogP contribution in [0.3, 0.4) is 0 Å². The van der Waals surface area contributed by atoms with Crippen molar-refractivity contribution >= 4 is 34.5 Å². The molecule has 1 aliphatic rings. The lowest BCUT2D eigenvalue weighted by Crippen LogP contribution is -2.33. The van der Waals surface area contributed by atoms with E-state index in [1.807, 2.05) is 103 Å². The van der Waals surface area contributed by atoms with E-state index in [9.17, 15) is 4.79 Å². The summed E-state index contributed by atoms with van der Waals surface area (Å²) in [5.74, 6) is 1.82. The number of anilines is 1. The average Bonchev–Trinajstić information content (AvgIpc) is 3.51. The Labute approximate surface area is 208 Å². The number of H-pyrrole nitrogens is 1. The lowest BCUT2D eigenvalue weighted by Gasteiger charge is -2.21. The van der Waals surface area contributed by atoms with Gasteiger partial charge in [-0.25, -0.2) is 9.98 Å². The van der Waals surface area contributed by atoms with Crippen LogP contribution >= 0.6 is 0 Å². The van der Waals surface area contributed by atoms with Crippen molar-refractivity contribution in [3.05, 3.63) is 120 Å². The normalized spacial score (nSPS) is 14.5. The van der Waals surface area contributed by atoms with E-state index in [1.54, 1.807) is 18.1 Å². The van der Waals surface area contributed by atoms with E-state index in [-0.39, 0.29) is 5.91 Å². The van der Waals surface area contributed by atoms with Crippen molar-refractivity contribution in [3.63, 3.8) is 0 Å². The van der Waals surface area contributed by atoms with Crippen molar-refractivity contribution < 1.29 is 9.53 Å². The highest BCUT2D eigenvalue weighted by molar-refractivity contribution is 6.34. The third-order valence-corrected chi connectivity index (χ3v) is 6.10. The van der Waals surface area contributed by atoms with Crippen LogP contribution in [0.15, 0.2) is 114 Å². The number of aromatic nitrogens is 2. The number of hydrogen-bond acceptors (Lipinski definition) is 4. The van der Waals surface area contributed by atoms with Gasteiger partial charge in [-0.15, -0.1) is 0 Å². The van der Waals surface area contributed by atoms with Gasteiger partial charge in [-0.05, 0) is 48.0 Å². The second kappa shape index (κ2) is 9.00. The molecule has 5 aromatic rings. The third kappa shape index (κ3) is 3.84. The molecule has 0 saturated carbocycles. The van der Waals surface area contributed by atoms with Gasteiger partial charge in [-0.2, -0.15) is 0 Å². The smallest absolute Gasteiger partial charge is 0.282 e. The van der Waals surface area contributed by atoms with Crippen LogP contribution in [0.25, 0.3) is 28.5 Å². The van der Waals surface area contributed by atoms with Gasteiger partial charge >= 0.3 is 0 Å². The van der Waals surface area contributed by atoms with Crippen LogP contribution in [0.1, 0.15) is 11.1 Å². The fraction of sp³-hybridized carbons (Fsp3) is 0.0333. The van der Waals surface area contributed by atoms with E-state index in [2.05, 4.69) is 4.98 Å². The number of carbonyl (C=O) groups is 1. The minimum absolute atomic E-state index is 0.201. The minimum atomic E-state index is -0.201. The Morgan fingerprint density at radius 2 is 1.56 bits per heavy atom. The van der Waals surface area contributed by atoms with Crippen LogP contribution in [0.5, 0.6) is 5.75 Å². The average molecular weight is 471 g/mol. The molecule has 0 spiro atoms. The molecule has 1 amide bonds. The lowest BCUT2D eigenvalue weighted by molar-refractivity contribution is -0.113. The van der Waals surface area contributed by atoms with Gasteiger partial charge in [-0.1, -0.05) is 66.7 Å². The Morgan fingerprint density at radius 3 is 2.33 bits per heavy atom. The summed E-state index contributed by atoms with van der Waals surface area (Å²) in [6, 6.07) is 32.9. The summed E-state index contributed by atoms with van der Waals surface area (Å²) < 4.78 is 5.25. The SMILES string of the molecule is COc1ccc(C=C2N=C(c3ccccc3)N(c3ccccc3-c3nc4ccccc4[nH]3)C2=O)cc1. The summed E-state index contributed by atoms with van der Waals surface area (Å²) in [7, 11) is 1.63. The maximum Gasteiger partial charge on any atom is 0.282 e. The molecule has 4 aromatic carbocycles. The van der Waals surface area contributed by atoms with Crippen LogP contribution in [-0.4, -0.2) is 28.8 Å². The highest BCUT2D eigenvalue weighted by Gasteiger charge is 2.34. The molecule has 6 rings (SSSR count). The topological polar surface area (TPSA) is 70.6 Å². The summed E-state index contributed by atoms with van der Waals surface area (Å²) in [6.07, 6.45) is 1.80. The zero-order chi connectivity index (χ0) is 24.5. The molecule has 6 nitrogen and oxygen atoms in total. The quantitative estimate of drug-likeness (QED) is 0.317. The van der Waals surface area contributed by atoms with Crippen LogP contribution in [-0.2, 0) is 4.79 Å². The van der Waals surface area contributed by atoms with Gasteiger partial charge < -0.3 is 9.72 Å². The molecule has 0 saturated heterocycles. The first-order valence-electron chi connectivity index (χ1n) is 11.6. The monoisotopic (exact) mass is 470 g/mol. The van der Waals surface area contributed by atoms with E-state index in [4.69, 9.17) is 14.7 Å². The first-order valence-corrected chi connectivity index (χ1v) is 11.6. The van der Waals surface area contributed by atoms with Gasteiger partial charge in [0.1, 0.15) is 23.1 Å². The van der Waals surface area contributed by atoms with Crippen molar-refractivity contribution in [1.82, 2.24) is 9.97 Å². The molecule has 174 valence electrons. The summed E-state index contributed by atoms with van der Waals surface area (Å²) in [4.78, 5) is 28.5. The molecular weight excluding hydrogens is 448 g/mol. The number of aliphatic imine (C=N–C) groups is 1. The fourth-order valence-electron chi connectivity index (χ4n) is 4.33. The second-order valence-corrected chi connectivity index (χ2v) is 8.36. The molecule has 1 N–H and O–H groups in total. The molecule has 2 heterocycles. The molecule has 6 heteroatoms. The van der Waals surface area contributed by atoms with Gasteiger partial charge in [-0.3, -0.25) is 9.69 Å². The Balaban J connectivity index is 1.48. The predicted molar refractivity (Wildman–Crippen MR) is 143 cm³/mol. The summed E-state index contributed by atoms with van der Waals surface area (Å²) in [5, 5.41) is 0. The van der Waals surface area contributed by atoms with E-state index in [0.29, 0.717) is 23.0 Å². The van der Waals surface area contributed by atoms with Gasteiger partial charge in [0.25, 0.3) is 5.91 Å². The molecule has 0 fully saturated rings. The zero-order valence-electron chi connectivity index (χ0n) is 19.6. The van der Waals surface area contributed by atoms with Crippen molar-refractivity contribution in [2.24, 2.45) is 4.99 Å². The van der Waals surface area contributed by atoms with E-state index in [1.165, 1.54) is 0 Å². The fourth-order valence-corrected chi connectivity index (χ4v) is 4.33. The number of para-hydroxylation sites is 3. The maximum atomic E-state index is 13.9. The third-order valence-electron chi connectivity index (χ3n) is 6.10. The Kier molecular flexibility index (Phi) is 5.39. The van der Waals surface area contributed by atoms with Gasteiger partial charge in [0.05, 0.1) is 23.8 Å². The van der Waals surface area contributed by atoms with Crippen molar-refractivity contribution in [2.75, 3.05) is 12.0 Å². The van der Waals surface area contributed by atoms with Crippen LogP contribution < -0.4 is 9.64 Å². The van der Waals surface area contributed by atoms with Crippen LogP contribution in [0.4, 0.5) is 5.69 Å². The summed E-state index contributed by atoms with van der Waals surface area (Å²) >= 11 is 0. The number of ether oxygens (including phenoxy) is 1. The van der Waals surface area contributed by atoms with E-state index >= 15 is 0 Å². The second-order valence-electron chi connectivity index (χ2n) is 8.36. The lowest BCUT2D eigenvalue weighted by atomic mass is 10.1. The van der Waals surface area contributed by atoms with Crippen molar-refractivity contribution in [1.29, 1.82) is 0 Å². The number of hydrogen-bond donors (Lipinski definition) is 1. The molecule has 0 unspecified atom stereocenters. The maximum absolute atomic E-state index is 13.9. The molecule has 0 atom stereocenters. The largest absolute Gasteiger partial charge is 0.497 e. The molecular formula is C30H22N4O2. The number of nitrogens with one attached hydrogen (secondary N) is 1. The van der Waals surface area contributed by atoms with E-state index < -0.39 is 0 Å². The molecule has 1 aliphatic heterocycles. The van der Waals surface area contributed by atoms with E-state index in [0.717, 1.165) is 33.5 Å². The number of methoxy groups -OCH3 is 1. The standard InChI is InChI=1S/C30H22N4O2/c1-36-22-17-15-20(16-18-22)19-26-30(35)34(29(33-26)21-9-3-2-4-10-21)27-14-8-5-11-23(27)28-31-24-12-6-7-13-25(24)32-28/h2-19H,1H3,(H,31,32). The number of benzene rings is 4. The number of amides is 1. The Morgan fingerprint density at radius 1 is 0.833 bits per heavy atom. The number of aromatic amines is 1. The van der Waals surface area contributed by atoms with Crippen molar-refractivity contribution in [2.45, 2.75) is 0 Å². The Bertz CT molecular complexity index is 1600. The van der Waals surface area contributed by atoms with Crippen LogP contribution in [0.2, 0.25) is 0 Å². The number of rotatable bonds is 5. The molecule has 0 bridgehead atoms. The molecule has 36 heavy (non-hydrogen) atoms.